The fourth-order valence-corrected chi connectivity index (χ4v) is 2.86. The van der Waals surface area contributed by atoms with E-state index >= 15 is 0 Å². The summed E-state index contributed by atoms with van der Waals surface area (Å²) in [5.41, 5.74) is 1.14. The molecule has 1 heterocycles. The minimum absolute atomic E-state index is 0.0666. The van der Waals surface area contributed by atoms with Crippen molar-refractivity contribution in [3.8, 4) is 0 Å². The predicted octanol–water partition coefficient (Wildman–Crippen LogP) is 0.330. The third-order valence-corrected chi connectivity index (χ3v) is 3.92. The Morgan fingerprint density at radius 1 is 1.37 bits per heavy atom. The van der Waals surface area contributed by atoms with E-state index in [-0.39, 0.29) is 12.5 Å². The van der Waals surface area contributed by atoms with Gasteiger partial charge in [-0.05, 0) is 32.6 Å². The molecule has 1 saturated heterocycles. The molecule has 19 heavy (non-hydrogen) atoms. The minimum atomic E-state index is -0.725. The number of amides is 1. The standard InChI is InChI=1S/C14H24N2O3/c1-2-16(11-6-4-3-5-7-11)14(19)10-15-8-12(17)13(18)9-15/h6,12-13,17-18H,2-5,7-10H2,1H3/t12-,13+. The van der Waals surface area contributed by atoms with Gasteiger partial charge in [0.1, 0.15) is 0 Å². The number of aliphatic hydroxyl groups excluding tert-OH is 2. The molecule has 0 radical (unpaired) electrons. The first-order valence-electron chi connectivity index (χ1n) is 7.19. The van der Waals surface area contributed by atoms with Crippen molar-refractivity contribution in [1.29, 1.82) is 0 Å². The van der Waals surface area contributed by atoms with Crippen molar-refractivity contribution in [3.05, 3.63) is 11.8 Å². The number of aliphatic hydroxyl groups is 2. The van der Waals surface area contributed by atoms with Crippen LogP contribution in [0.1, 0.15) is 32.6 Å². The largest absolute Gasteiger partial charge is 0.389 e. The van der Waals surface area contributed by atoms with Crippen LogP contribution in [0.2, 0.25) is 0 Å². The Bertz CT molecular complexity index is 347. The normalized spacial score (nSPS) is 28.3. The molecule has 5 heteroatoms. The van der Waals surface area contributed by atoms with Crippen LogP contribution < -0.4 is 0 Å². The molecular weight excluding hydrogens is 244 g/mol. The summed E-state index contributed by atoms with van der Waals surface area (Å²) in [6, 6.07) is 0. The summed E-state index contributed by atoms with van der Waals surface area (Å²) >= 11 is 0. The van der Waals surface area contributed by atoms with Gasteiger partial charge in [0, 0.05) is 25.3 Å². The van der Waals surface area contributed by atoms with Gasteiger partial charge in [-0.3, -0.25) is 9.69 Å². The number of hydrogen-bond acceptors (Lipinski definition) is 4. The molecule has 0 unspecified atom stereocenters. The van der Waals surface area contributed by atoms with Crippen LogP contribution in [-0.4, -0.2) is 64.3 Å². The van der Waals surface area contributed by atoms with E-state index in [4.69, 9.17) is 0 Å². The lowest BCUT2D eigenvalue weighted by molar-refractivity contribution is -0.130. The maximum atomic E-state index is 12.3. The van der Waals surface area contributed by atoms with E-state index < -0.39 is 12.2 Å². The molecule has 1 aliphatic heterocycles. The average Bonchev–Trinajstić information content (AvgIpc) is 2.70. The second-order valence-electron chi connectivity index (χ2n) is 5.41. The SMILES string of the molecule is CCN(C(=O)CN1C[C@@H](O)[C@@H](O)C1)C1=CCCCC1. The highest BCUT2D eigenvalue weighted by atomic mass is 16.3. The maximum Gasteiger partial charge on any atom is 0.240 e. The molecule has 1 amide bonds. The second-order valence-corrected chi connectivity index (χ2v) is 5.41. The van der Waals surface area contributed by atoms with Gasteiger partial charge in [-0.25, -0.2) is 0 Å². The highest BCUT2D eigenvalue weighted by Crippen LogP contribution is 2.21. The van der Waals surface area contributed by atoms with Gasteiger partial charge in [0.05, 0.1) is 18.8 Å². The summed E-state index contributed by atoms with van der Waals surface area (Å²) in [7, 11) is 0. The van der Waals surface area contributed by atoms with Gasteiger partial charge < -0.3 is 15.1 Å². The zero-order chi connectivity index (χ0) is 13.8. The zero-order valence-corrected chi connectivity index (χ0v) is 11.6. The summed E-state index contributed by atoms with van der Waals surface area (Å²) in [5.74, 6) is 0.0666. The molecule has 0 aromatic rings. The lowest BCUT2D eigenvalue weighted by Gasteiger charge is -2.28. The molecule has 1 aliphatic carbocycles. The van der Waals surface area contributed by atoms with Gasteiger partial charge in [0.2, 0.25) is 5.91 Å². The molecule has 5 nitrogen and oxygen atoms in total. The van der Waals surface area contributed by atoms with E-state index in [9.17, 15) is 15.0 Å². The monoisotopic (exact) mass is 268 g/mol. The Labute approximate surface area is 114 Å². The number of likely N-dealkylation sites (N-methyl/N-ethyl adjacent to an activating group) is 1. The minimum Gasteiger partial charge on any atom is -0.389 e. The summed E-state index contributed by atoms with van der Waals surface area (Å²) in [6.07, 6.45) is 5.11. The van der Waals surface area contributed by atoms with E-state index in [2.05, 4.69) is 6.08 Å². The number of allylic oxidation sites excluding steroid dienone is 2. The topological polar surface area (TPSA) is 64.0 Å². The molecule has 108 valence electrons. The van der Waals surface area contributed by atoms with E-state index in [1.807, 2.05) is 16.7 Å². The van der Waals surface area contributed by atoms with Crippen LogP contribution in [0.4, 0.5) is 0 Å². The van der Waals surface area contributed by atoms with Crippen molar-refractivity contribution < 1.29 is 15.0 Å². The Morgan fingerprint density at radius 3 is 2.58 bits per heavy atom. The van der Waals surface area contributed by atoms with Crippen molar-refractivity contribution in [2.45, 2.75) is 44.8 Å². The number of nitrogens with zero attached hydrogens (tertiary/aromatic N) is 2. The quantitative estimate of drug-likeness (QED) is 0.771. The van der Waals surface area contributed by atoms with E-state index in [1.165, 1.54) is 6.42 Å². The van der Waals surface area contributed by atoms with Crippen LogP contribution in [0, 0.1) is 0 Å². The molecule has 0 aromatic heterocycles. The third kappa shape index (κ3) is 3.55. The first-order valence-corrected chi connectivity index (χ1v) is 7.19. The van der Waals surface area contributed by atoms with Crippen molar-refractivity contribution in [2.24, 2.45) is 0 Å². The van der Waals surface area contributed by atoms with Gasteiger partial charge in [0.25, 0.3) is 0 Å². The molecule has 2 rings (SSSR count). The smallest absolute Gasteiger partial charge is 0.240 e. The van der Waals surface area contributed by atoms with E-state index in [1.54, 1.807) is 0 Å². The fraction of sp³-hybridized carbons (Fsp3) is 0.786. The van der Waals surface area contributed by atoms with Gasteiger partial charge in [0.15, 0.2) is 0 Å². The lowest BCUT2D eigenvalue weighted by Crippen LogP contribution is -2.39. The molecule has 0 bridgehead atoms. The number of carbonyl (C=O) groups excluding carboxylic acids is 1. The molecular formula is C14H24N2O3. The first kappa shape index (κ1) is 14.5. The van der Waals surface area contributed by atoms with Crippen molar-refractivity contribution in [3.63, 3.8) is 0 Å². The molecule has 2 aliphatic rings. The lowest BCUT2D eigenvalue weighted by atomic mass is 10.0. The Balaban J connectivity index is 1.92. The summed E-state index contributed by atoms with van der Waals surface area (Å²) in [4.78, 5) is 16.0. The van der Waals surface area contributed by atoms with Crippen LogP contribution in [-0.2, 0) is 4.79 Å². The van der Waals surface area contributed by atoms with Crippen LogP contribution in [0.15, 0.2) is 11.8 Å². The third-order valence-electron chi connectivity index (χ3n) is 3.92. The Morgan fingerprint density at radius 2 is 2.05 bits per heavy atom. The highest BCUT2D eigenvalue weighted by Gasteiger charge is 2.31. The van der Waals surface area contributed by atoms with E-state index in [0.717, 1.165) is 25.0 Å². The van der Waals surface area contributed by atoms with Crippen molar-refractivity contribution >= 4 is 5.91 Å². The summed E-state index contributed by atoms with van der Waals surface area (Å²) in [5, 5.41) is 19.0. The molecule has 2 atom stereocenters. The first-order chi connectivity index (χ1) is 9.11. The van der Waals surface area contributed by atoms with Gasteiger partial charge >= 0.3 is 0 Å². The van der Waals surface area contributed by atoms with Crippen LogP contribution >= 0.6 is 0 Å². The number of hydrogen-bond donors (Lipinski definition) is 2. The molecule has 0 aromatic carbocycles. The molecule has 1 fully saturated rings. The summed E-state index contributed by atoms with van der Waals surface area (Å²) in [6.45, 7) is 3.71. The fourth-order valence-electron chi connectivity index (χ4n) is 2.86. The summed E-state index contributed by atoms with van der Waals surface area (Å²) < 4.78 is 0. The second kappa shape index (κ2) is 6.50. The predicted molar refractivity (Wildman–Crippen MR) is 72.4 cm³/mol. The zero-order valence-electron chi connectivity index (χ0n) is 11.6. The Kier molecular flexibility index (Phi) is 4.96. The molecule has 0 saturated carbocycles. The average molecular weight is 268 g/mol. The number of carbonyl (C=O) groups is 1. The number of rotatable bonds is 4. The van der Waals surface area contributed by atoms with Gasteiger partial charge in [-0.15, -0.1) is 0 Å². The van der Waals surface area contributed by atoms with Crippen LogP contribution in [0.5, 0.6) is 0 Å². The Hall–Kier alpha value is -0.910. The van der Waals surface area contributed by atoms with Crippen LogP contribution in [0.3, 0.4) is 0 Å². The van der Waals surface area contributed by atoms with Crippen LogP contribution in [0.25, 0.3) is 0 Å². The number of likely N-dealkylation sites (tertiary alicyclic amines) is 1. The van der Waals surface area contributed by atoms with Gasteiger partial charge in [-0.1, -0.05) is 6.08 Å². The van der Waals surface area contributed by atoms with Crippen molar-refractivity contribution in [1.82, 2.24) is 9.80 Å². The van der Waals surface area contributed by atoms with E-state index in [0.29, 0.717) is 19.6 Å². The maximum absolute atomic E-state index is 12.3. The van der Waals surface area contributed by atoms with Gasteiger partial charge in [-0.2, -0.15) is 0 Å². The number of β-amino-alcohol motifs (C(OH)–C–C–N with tert-alkyl or cyclic N) is 2. The van der Waals surface area contributed by atoms with Crippen molar-refractivity contribution in [2.75, 3.05) is 26.2 Å². The molecule has 2 N–H and O–H groups in total. The highest BCUT2D eigenvalue weighted by molar-refractivity contribution is 5.80. The molecule has 0 spiro atoms.